The Kier molecular flexibility index (Phi) is 6.54. The Bertz CT molecular complexity index is 246. The number of aliphatic hydroxyl groups excluding tert-OH is 1. The fourth-order valence-corrected chi connectivity index (χ4v) is 1.13. The quantitative estimate of drug-likeness (QED) is 0.804. The third-order valence-corrected chi connectivity index (χ3v) is 1.89. The fourth-order valence-electron chi connectivity index (χ4n) is 1.13. The van der Waals surface area contributed by atoms with E-state index in [1.165, 1.54) is 11.1 Å². The number of aryl methyl sites for hydroxylation is 1. The van der Waals surface area contributed by atoms with Gasteiger partial charge in [0.05, 0.1) is 6.10 Å². The zero-order chi connectivity index (χ0) is 9.68. The highest BCUT2D eigenvalue weighted by molar-refractivity contribution is 5.85. The molecule has 2 nitrogen and oxygen atoms in total. The maximum atomic E-state index is 9.01. The molecule has 0 amide bonds. The second kappa shape index (κ2) is 6.82. The van der Waals surface area contributed by atoms with Gasteiger partial charge >= 0.3 is 0 Å². The summed E-state index contributed by atoms with van der Waals surface area (Å²) in [4.78, 5) is 0. The highest BCUT2D eigenvalue weighted by Crippen LogP contribution is 2.02. The van der Waals surface area contributed by atoms with Crippen molar-refractivity contribution in [2.24, 2.45) is 0 Å². The van der Waals surface area contributed by atoms with Crippen LogP contribution in [0.25, 0.3) is 0 Å². The van der Waals surface area contributed by atoms with Crippen LogP contribution in [0.4, 0.5) is 0 Å². The number of nitrogens with one attached hydrogen (secondary N) is 1. The fraction of sp³-hybridized carbons (Fsp3) is 0.455. The molecule has 0 saturated heterocycles. The van der Waals surface area contributed by atoms with E-state index in [2.05, 4.69) is 36.5 Å². The molecule has 0 spiro atoms. The molecule has 0 aliphatic carbocycles. The Morgan fingerprint density at radius 3 is 2.36 bits per heavy atom. The minimum Gasteiger partial charge on any atom is -0.392 e. The molecule has 0 saturated carbocycles. The van der Waals surface area contributed by atoms with Gasteiger partial charge in [0.25, 0.3) is 0 Å². The second-order valence-corrected chi connectivity index (χ2v) is 3.47. The minimum absolute atomic E-state index is 0. The molecule has 14 heavy (non-hydrogen) atoms. The van der Waals surface area contributed by atoms with Gasteiger partial charge in [-0.05, 0) is 19.4 Å². The lowest BCUT2D eigenvalue weighted by atomic mass is 10.1. The number of rotatable bonds is 4. The van der Waals surface area contributed by atoms with Crippen molar-refractivity contribution in [3.05, 3.63) is 35.4 Å². The topological polar surface area (TPSA) is 32.3 Å². The molecule has 80 valence electrons. The summed E-state index contributed by atoms with van der Waals surface area (Å²) in [7, 11) is 0. The van der Waals surface area contributed by atoms with Crippen LogP contribution in [0.1, 0.15) is 18.1 Å². The highest BCUT2D eigenvalue weighted by atomic mass is 35.5. The van der Waals surface area contributed by atoms with Gasteiger partial charge in [0.2, 0.25) is 0 Å². The summed E-state index contributed by atoms with van der Waals surface area (Å²) in [5.74, 6) is 0. The number of halogens is 1. The standard InChI is InChI=1S/C11H17NO.ClH/c1-9-3-5-11(6-4-9)8-12-7-10(2)13;/h3-6,10,12-13H,7-8H2,1-2H3;1H. The number of benzene rings is 1. The first kappa shape index (κ1) is 13.4. The third-order valence-electron chi connectivity index (χ3n) is 1.89. The lowest BCUT2D eigenvalue weighted by Gasteiger charge is -2.06. The van der Waals surface area contributed by atoms with Crippen LogP contribution >= 0.6 is 12.4 Å². The van der Waals surface area contributed by atoms with E-state index in [1.807, 2.05) is 0 Å². The van der Waals surface area contributed by atoms with Gasteiger partial charge in [0.15, 0.2) is 0 Å². The van der Waals surface area contributed by atoms with Crippen molar-refractivity contribution in [1.29, 1.82) is 0 Å². The van der Waals surface area contributed by atoms with Crippen LogP contribution < -0.4 is 5.32 Å². The van der Waals surface area contributed by atoms with Crippen LogP contribution in [0, 0.1) is 6.92 Å². The van der Waals surface area contributed by atoms with E-state index in [9.17, 15) is 0 Å². The third kappa shape index (κ3) is 5.22. The summed E-state index contributed by atoms with van der Waals surface area (Å²) in [5, 5.41) is 12.2. The van der Waals surface area contributed by atoms with Crippen LogP contribution in [-0.2, 0) is 6.54 Å². The Hall–Kier alpha value is -0.570. The van der Waals surface area contributed by atoms with Gasteiger partial charge in [-0.15, -0.1) is 12.4 Å². The first-order valence-corrected chi connectivity index (χ1v) is 4.63. The SMILES string of the molecule is Cc1ccc(CNCC(C)O)cc1.Cl. The normalized spacial score (nSPS) is 11.9. The van der Waals surface area contributed by atoms with E-state index in [0.29, 0.717) is 6.54 Å². The maximum absolute atomic E-state index is 9.01. The van der Waals surface area contributed by atoms with Gasteiger partial charge in [0, 0.05) is 13.1 Å². The molecule has 1 rings (SSSR count). The molecule has 0 bridgehead atoms. The Morgan fingerprint density at radius 2 is 1.86 bits per heavy atom. The van der Waals surface area contributed by atoms with E-state index in [0.717, 1.165) is 6.54 Å². The number of hydrogen-bond donors (Lipinski definition) is 2. The summed E-state index contributed by atoms with van der Waals surface area (Å²) in [5.41, 5.74) is 2.53. The summed E-state index contributed by atoms with van der Waals surface area (Å²) < 4.78 is 0. The van der Waals surface area contributed by atoms with Gasteiger partial charge in [-0.1, -0.05) is 29.8 Å². The highest BCUT2D eigenvalue weighted by Gasteiger charge is 1.95. The molecule has 0 fully saturated rings. The molecule has 0 aromatic heterocycles. The van der Waals surface area contributed by atoms with Crippen LogP contribution in [0.2, 0.25) is 0 Å². The maximum Gasteiger partial charge on any atom is 0.0636 e. The minimum atomic E-state index is -0.273. The Morgan fingerprint density at radius 1 is 1.29 bits per heavy atom. The van der Waals surface area contributed by atoms with Gasteiger partial charge in [0.1, 0.15) is 0 Å². The van der Waals surface area contributed by atoms with E-state index in [-0.39, 0.29) is 18.5 Å². The lowest BCUT2D eigenvalue weighted by molar-refractivity contribution is 0.191. The van der Waals surface area contributed by atoms with Crippen LogP contribution in [-0.4, -0.2) is 17.8 Å². The van der Waals surface area contributed by atoms with Gasteiger partial charge in [-0.2, -0.15) is 0 Å². The summed E-state index contributed by atoms with van der Waals surface area (Å²) in [6.07, 6.45) is -0.273. The van der Waals surface area contributed by atoms with Crippen molar-refractivity contribution < 1.29 is 5.11 Å². The molecule has 1 aromatic carbocycles. The molecule has 2 N–H and O–H groups in total. The lowest BCUT2D eigenvalue weighted by Crippen LogP contribution is -2.23. The van der Waals surface area contributed by atoms with Crippen molar-refractivity contribution in [3.63, 3.8) is 0 Å². The number of hydrogen-bond acceptors (Lipinski definition) is 2. The molecule has 0 heterocycles. The monoisotopic (exact) mass is 215 g/mol. The predicted octanol–water partition coefficient (Wildman–Crippen LogP) is 1.89. The molecule has 1 aromatic rings. The second-order valence-electron chi connectivity index (χ2n) is 3.47. The van der Waals surface area contributed by atoms with E-state index in [4.69, 9.17) is 5.11 Å². The van der Waals surface area contributed by atoms with E-state index in [1.54, 1.807) is 6.92 Å². The zero-order valence-electron chi connectivity index (χ0n) is 8.66. The molecular formula is C11H18ClNO. The predicted molar refractivity (Wildman–Crippen MR) is 61.8 cm³/mol. The van der Waals surface area contributed by atoms with Crippen molar-refractivity contribution >= 4 is 12.4 Å². The first-order chi connectivity index (χ1) is 6.18. The summed E-state index contributed by atoms with van der Waals surface area (Å²) >= 11 is 0. The molecule has 0 aliphatic rings. The molecule has 0 aliphatic heterocycles. The van der Waals surface area contributed by atoms with Crippen LogP contribution in [0.3, 0.4) is 0 Å². The van der Waals surface area contributed by atoms with Gasteiger partial charge < -0.3 is 10.4 Å². The average molecular weight is 216 g/mol. The molecule has 1 atom stereocenters. The van der Waals surface area contributed by atoms with Gasteiger partial charge in [-0.25, -0.2) is 0 Å². The molecular weight excluding hydrogens is 198 g/mol. The summed E-state index contributed by atoms with van der Waals surface area (Å²) in [6, 6.07) is 8.40. The van der Waals surface area contributed by atoms with Crippen LogP contribution in [0.15, 0.2) is 24.3 Å². The molecule has 0 radical (unpaired) electrons. The molecule has 1 unspecified atom stereocenters. The zero-order valence-corrected chi connectivity index (χ0v) is 9.47. The van der Waals surface area contributed by atoms with Crippen LogP contribution in [0.5, 0.6) is 0 Å². The smallest absolute Gasteiger partial charge is 0.0636 e. The van der Waals surface area contributed by atoms with Crippen molar-refractivity contribution in [2.75, 3.05) is 6.54 Å². The van der Waals surface area contributed by atoms with Crippen molar-refractivity contribution in [1.82, 2.24) is 5.32 Å². The van der Waals surface area contributed by atoms with Crippen molar-refractivity contribution in [2.45, 2.75) is 26.5 Å². The van der Waals surface area contributed by atoms with Crippen molar-refractivity contribution in [3.8, 4) is 0 Å². The average Bonchev–Trinajstić information content (AvgIpc) is 2.08. The first-order valence-electron chi connectivity index (χ1n) is 4.63. The Balaban J connectivity index is 0.00000169. The molecule has 3 heteroatoms. The summed E-state index contributed by atoms with van der Waals surface area (Å²) in [6.45, 7) is 5.33. The van der Waals surface area contributed by atoms with Gasteiger partial charge in [-0.3, -0.25) is 0 Å². The number of aliphatic hydroxyl groups is 1. The van der Waals surface area contributed by atoms with E-state index < -0.39 is 0 Å². The Labute approximate surface area is 91.8 Å². The van der Waals surface area contributed by atoms with E-state index >= 15 is 0 Å². The largest absolute Gasteiger partial charge is 0.392 e.